The van der Waals surface area contributed by atoms with Crippen molar-refractivity contribution in [3.8, 4) is 17.2 Å². The van der Waals surface area contributed by atoms with E-state index in [0.717, 1.165) is 6.07 Å². The third-order valence-corrected chi connectivity index (χ3v) is 4.39. The van der Waals surface area contributed by atoms with Gasteiger partial charge < -0.3 is 21.1 Å². The van der Waals surface area contributed by atoms with Crippen LogP contribution < -0.4 is 5.73 Å². The van der Waals surface area contributed by atoms with Crippen LogP contribution >= 0.6 is 0 Å². The molecule has 0 radical (unpaired) electrons. The Kier molecular flexibility index (Phi) is 2.84. The molecule has 114 valence electrons. The van der Waals surface area contributed by atoms with E-state index in [0.29, 0.717) is 0 Å². The van der Waals surface area contributed by atoms with Crippen LogP contribution in [0.4, 0.5) is 5.69 Å². The van der Waals surface area contributed by atoms with Crippen molar-refractivity contribution in [1.29, 1.82) is 0 Å². The molecule has 0 bridgehead atoms. The molecule has 3 rings (SSSR count). The Hall–Kier alpha value is -2.71. The van der Waals surface area contributed by atoms with Crippen molar-refractivity contribution >= 4 is 37.4 Å². The molecule has 0 atom stereocenters. The summed E-state index contributed by atoms with van der Waals surface area (Å²) in [4.78, 5) is -0.748. The molecule has 0 spiro atoms. The number of hydrogen-bond acceptors (Lipinski definition) is 6. The van der Waals surface area contributed by atoms with Gasteiger partial charge in [0.15, 0.2) is 0 Å². The summed E-state index contributed by atoms with van der Waals surface area (Å²) in [5.74, 6) is -1.38. The van der Waals surface area contributed by atoms with Crippen molar-refractivity contribution in [2.75, 3.05) is 5.73 Å². The van der Waals surface area contributed by atoms with Crippen molar-refractivity contribution in [2.24, 2.45) is 0 Å². The Bertz CT molecular complexity index is 1040. The highest BCUT2D eigenvalue weighted by atomic mass is 32.2. The van der Waals surface area contributed by atoms with Gasteiger partial charge in [0.2, 0.25) is 0 Å². The van der Waals surface area contributed by atoms with Crippen LogP contribution in [0.3, 0.4) is 0 Å². The van der Waals surface area contributed by atoms with Crippen LogP contribution in [0.2, 0.25) is 0 Å². The van der Waals surface area contributed by atoms with E-state index < -0.39 is 32.2 Å². The van der Waals surface area contributed by atoms with Gasteiger partial charge in [0.05, 0.1) is 16.5 Å². The first-order chi connectivity index (χ1) is 10.2. The largest absolute Gasteiger partial charge is 0.507 e. The lowest BCUT2D eigenvalue weighted by Crippen LogP contribution is -2.04. The van der Waals surface area contributed by atoms with E-state index in [2.05, 4.69) is 0 Å². The second-order valence-corrected chi connectivity index (χ2v) is 6.17. The molecule has 0 saturated carbocycles. The zero-order valence-corrected chi connectivity index (χ0v) is 11.8. The Labute approximate surface area is 124 Å². The number of aromatic hydroxyl groups is 3. The Morgan fingerprint density at radius 2 is 1.41 bits per heavy atom. The fourth-order valence-electron chi connectivity index (χ4n) is 2.52. The van der Waals surface area contributed by atoms with Crippen LogP contribution in [0.15, 0.2) is 35.2 Å². The molecule has 0 amide bonds. The molecule has 0 unspecified atom stereocenters. The lowest BCUT2D eigenvalue weighted by Gasteiger charge is -2.14. The maximum atomic E-state index is 11.3. The average molecular weight is 321 g/mol. The predicted octanol–water partition coefficient (Wildman–Crippen LogP) is 1.94. The van der Waals surface area contributed by atoms with Gasteiger partial charge in [-0.2, -0.15) is 8.42 Å². The smallest absolute Gasteiger partial charge is 0.296 e. The minimum atomic E-state index is -4.71. The predicted molar refractivity (Wildman–Crippen MR) is 80.7 cm³/mol. The third kappa shape index (κ3) is 1.81. The van der Waals surface area contributed by atoms with Crippen molar-refractivity contribution in [2.45, 2.75) is 4.90 Å². The van der Waals surface area contributed by atoms with Crippen LogP contribution in [0, 0.1) is 0 Å². The molecule has 0 aliphatic heterocycles. The van der Waals surface area contributed by atoms with E-state index in [-0.39, 0.29) is 27.3 Å². The molecule has 0 saturated heterocycles. The minimum Gasteiger partial charge on any atom is -0.507 e. The molecule has 22 heavy (non-hydrogen) atoms. The molecule has 0 aliphatic carbocycles. The van der Waals surface area contributed by atoms with Gasteiger partial charge in [0.1, 0.15) is 22.1 Å². The molecule has 7 nitrogen and oxygen atoms in total. The number of phenolic OH excluding ortho intramolecular Hbond substituents is 3. The summed E-state index contributed by atoms with van der Waals surface area (Å²) < 4.78 is 31.8. The van der Waals surface area contributed by atoms with Crippen molar-refractivity contribution < 1.29 is 28.3 Å². The highest BCUT2D eigenvalue weighted by Gasteiger charge is 2.24. The highest BCUT2D eigenvalue weighted by Crippen LogP contribution is 2.48. The summed E-state index contributed by atoms with van der Waals surface area (Å²) in [5.41, 5.74) is 5.25. The van der Waals surface area contributed by atoms with Crippen LogP contribution in [0.5, 0.6) is 17.2 Å². The fourth-order valence-corrected chi connectivity index (χ4v) is 3.17. The van der Waals surface area contributed by atoms with E-state index in [4.69, 9.17) is 10.3 Å². The van der Waals surface area contributed by atoms with Gasteiger partial charge in [0, 0.05) is 16.8 Å². The van der Waals surface area contributed by atoms with Crippen molar-refractivity contribution in [3.05, 3.63) is 30.3 Å². The quantitative estimate of drug-likeness (QED) is 0.199. The number of anilines is 1. The molecule has 0 aliphatic rings. The molecule has 3 aromatic carbocycles. The normalized spacial score (nSPS) is 12.0. The first-order valence-electron chi connectivity index (χ1n) is 6.08. The molecule has 6 N–H and O–H groups in total. The van der Waals surface area contributed by atoms with E-state index in [1.54, 1.807) is 12.1 Å². The lowest BCUT2D eigenvalue weighted by atomic mass is 9.99. The van der Waals surface area contributed by atoms with E-state index in [9.17, 15) is 23.7 Å². The lowest BCUT2D eigenvalue weighted by molar-refractivity contribution is 0.459. The van der Waals surface area contributed by atoms with Crippen LogP contribution in [0.1, 0.15) is 0 Å². The standard InChI is InChI=1S/C14H11NO6S/c15-12-9(22(19,20)21)5-8(16)10-11(12)14(18)7-4-2-1-3-6(7)13(10)17/h1-5,16-18H,15H2,(H,19,20,21). The molecule has 3 aromatic rings. The minimum absolute atomic E-state index is 0.193. The number of phenols is 3. The maximum absolute atomic E-state index is 11.3. The van der Waals surface area contributed by atoms with Gasteiger partial charge >= 0.3 is 0 Å². The summed E-state index contributed by atoms with van der Waals surface area (Å²) >= 11 is 0. The van der Waals surface area contributed by atoms with E-state index in [1.165, 1.54) is 12.1 Å². The molecular weight excluding hydrogens is 310 g/mol. The topological polar surface area (TPSA) is 141 Å². The van der Waals surface area contributed by atoms with Crippen LogP contribution in [-0.2, 0) is 10.1 Å². The maximum Gasteiger partial charge on any atom is 0.296 e. The molecule has 8 heteroatoms. The number of fused-ring (bicyclic) bond motifs is 2. The molecular formula is C14H11NO6S. The summed E-state index contributed by atoms with van der Waals surface area (Å²) in [7, 11) is -4.71. The molecule has 0 aromatic heterocycles. The van der Waals surface area contributed by atoms with Gasteiger partial charge in [0.25, 0.3) is 10.1 Å². The fraction of sp³-hybridized carbons (Fsp3) is 0. The average Bonchev–Trinajstić information content (AvgIpc) is 2.45. The number of nitrogen functional groups attached to an aromatic ring is 1. The molecule has 0 fully saturated rings. The third-order valence-electron chi connectivity index (χ3n) is 3.50. The van der Waals surface area contributed by atoms with E-state index in [1.807, 2.05) is 0 Å². The molecule has 0 heterocycles. The zero-order valence-electron chi connectivity index (χ0n) is 11.0. The second-order valence-electron chi connectivity index (χ2n) is 4.78. The van der Waals surface area contributed by atoms with E-state index >= 15 is 0 Å². The number of benzene rings is 3. The number of rotatable bonds is 1. The number of nitrogens with two attached hydrogens (primary N) is 1. The van der Waals surface area contributed by atoms with Gasteiger partial charge in [-0.15, -0.1) is 0 Å². The number of hydrogen-bond donors (Lipinski definition) is 5. The Balaban J connectivity index is 2.69. The second kappa shape index (κ2) is 4.39. The van der Waals surface area contributed by atoms with Gasteiger partial charge in [-0.1, -0.05) is 24.3 Å². The van der Waals surface area contributed by atoms with Crippen LogP contribution in [-0.4, -0.2) is 28.3 Å². The van der Waals surface area contributed by atoms with Crippen LogP contribution in [0.25, 0.3) is 21.5 Å². The Morgan fingerprint density at radius 3 is 1.91 bits per heavy atom. The van der Waals surface area contributed by atoms with Crippen molar-refractivity contribution in [1.82, 2.24) is 0 Å². The summed E-state index contributed by atoms with van der Waals surface area (Å²) in [5, 5.41) is 30.7. The zero-order chi connectivity index (χ0) is 16.2. The SMILES string of the molecule is Nc1c(S(=O)(=O)O)cc(O)c2c(O)c3ccccc3c(O)c12. The summed E-state index contributed by atoms with van der Waals surface area (Å²) in [6.45, 7) is 0. The first kappa shape index (κ1) is 14.2. The summed E-state index contributed by atoms with van der Waals surface area (Å²) in [6.07, 6.45) is 0. The Morgan fingerprint density at radius 1 is 0.909 bits per heavy atom. The highest BCUT2D eigenvalue weighted by molar-refractivity contribution is 7.86. The summed E-state index contributed by atoms with van der Waals surface area (Å²) in [6, 6.07) is 6.98. The van der Waals surface area contributed by atoms with Crippen molar-refractivity contribution in [3.63, 3.8) is 0 Å². The van der Waals surface area contributed by atoms with Gasteiger partial charge in [-0.25, -0.2) is 0 Å². The monoisotopic (exact) mass is 321 g/mol. The first-order valence-corrected chi connectivity index (χ1v) is 7.52. The van der Waals surface area contributed by atoms with Gasteiger partial charge in [-0.05, 0) is 0 Å². The van der Waals surface area contributed by atoms with Gasteiger partial charge in [-0.3, -0.25) is 4.55 Å².